The van der Waals surface area contributed by atoms with Gasteiger partial charge in [0, 0.05) is 49.4 Å². The quantitative estimate of drug-likeness (QED) is 0.150. The van der Waals surface area contributed by atoms with Crippen LogP contribution in [0, 0.1) is 34.0 Å². The molecular formula is C66H38N8. The zero-order chi connectivity index (χ0) is 49.7. The van der Waals surface area contributed by atoms with Crippen LogP contribution in [0.1, 0.15) is 16.7 Å². The molecule has 10 aromatic carbocycles. The monoisotopic (exact) mass is 942 g/mol. The SMILES string of the molecule is N#Cc1cccc(-c2ccc(-c3nc(-c4ccc(-n5c6ccccc6c6ccccc65)c(-c5cccc(C#N)c5)c4)nc(-c4ccc(-n5c6ccccc6c6ccccc65)c(-c5cccc(C#N)c5)c4)n3)cc2)c1. The van der Waals surface area contributed by atoms with Gasteiger partial charge in [-0.3, -0.25) is 0 Å². The molecule has 0 amide bonds. The molecule has 0 aliphatic rings. The van der Waals surface area contributed by atoms with Gasteiger partial charge in [0.1, 0.15) is 0 Å². The fourth-order valence-electron chi connectivity index (χ4n) is 10.4. The third kappa shape index (κ3) is 7.42. The number of aromatic nitrogens is 5. The molecule has 0 bridgehead atoms. The summed E-state index contributed by atoms with van der Waals surface area (Å²) >= 11 is 0. The van der Waals surface area contributed by atoms with Crippen LogP contribution in [0.4, 0.5) is 0 Å². The summed E-state index contributed by atoms with van der Waals surface area (Å²) < 4.78 is 4.59. The normalized spacial score (nSPS) is 11.2. The second kappa shape index (κ2) is 17.9. The summed E-state index contributed by atoms with van der Waals surface area (Å²) in [7, 11) is 0. The molecule has 8 nitrogen and oxygen atoms in total. The lowest BCUT2D eigenvalue weighted by Gasteiger charge is -2.17. The van der Waals surface area contributed by atoms with E-state index >= 15 is 0 Å². The van der Waals surface area contributed by atoms with Gasteiger partial charge in [-0.1, -0.05) is 133 Å². The molecule has 0 aliphatic heterocycles. The molecule has 3 aromatic heterocycles. The molecule has 0 radical (unpaired) electrons. The summed E-state index contributed by atoms with van der Waals surface area (Å²) in [5.41, 5.74) is 15.5. The zero-order valence-corrected chi connectivity index (χ0v) is 39.5. The van der Waals surface area contributed by atoms with Crippen LogP contribution in [0.3, 0.4) is 0 Å². The van der Waals surface area contributed by atoms with Gasteiger partial charge in [-0.15, -0.1) is 0 Å². The molecule has 0 atom stereocenters. The van der Waals surface area contributed by atoms with Crippen molar-refractivity contribution < 1.29 is 0 Å². The number of rotatable bonds is 8. The van der Waals surface area contributed by atoms with Gasteiger partial charge in [-0.2, -0.15) is 15.8 Å². The largest absolute Gasteiger partial charge is 0.309 e. The second-order valence-corrected chi connectivity index (χ2v) is 18.2. The van der Waals surface area contributed by atoms with Gasteiger partial charge in [0.25, 0.3) is 0 Å². The minimum atomic E-state index is 0.460. The van der Waals surface area contributed by atoms with Crippen molar-refractivity contribution in [1.82, 2.24) is 24.1 Å². The van der Waals surface area contributed by atoms with Gasteiger partial charge in [0.2, 0.25) is 0 Å². The van der Waals surface area contributed by atoms with Crippen molar-refractivity contribution in [2.24, 2.45) is 0 Å². The fraction of sp³-hybridized carbons (Fsp3) is 0. The average molecular weight is 943 g/mol. The van der Waals surface area contributed by atoms with Crippen molar-refractivity contribution in [1.29, 1.82) is 15.8 Å². The minimum Gasteiger partial charge on any atom is -0.309 e. The zero-order valence-electron chi connectivity index (χ0n) is 39.5. The number of nitrogens with zero attached hydrogens (tertiary/aromatic N) is 8. The number of fused-ring (bicyclic) bond motifs is 6. The van der Waals surface area contributed by atoms with Gasteiger partial charge in [0.15, 0.2) is 17.5 Å². The van der Waals surface area contributed by atoms with Crippen molar-refractivity contribution in [3.05, 3.63) is 247 Å². The van der Waals surface area contributed by atoms with Crippen molar-refractivity contribution in [3.8, 4) is 97.1 Å². The van der Waals surface area contributed by atoms with Crippen molar-refractivity contribution in [3.63, 3.8) is 0 Å². The van der Waals surface area contributed by atoms with Gasteiger partial charge in [0.05, 0.1) is 68.3 Å². The molecule has 342 valence electrons. The van der Waals surface area contributed by atoms with E-state index in [1.165, 1.54) is 0 Å². The van der Waals surface area contributed by atoms with Crippen LogP contribution in [-0.4, -0.2) is 24.1 Å². The topological polar surface area (TPSA) is 120 Å². The fourth-order valence-corrected chi connectivity index (χ4v) is 10.4. The Morgan fingerprint density at radius 1 is 0.270 bits per heavy atom. The van der Waals surface area contributed by atoms with Crippen molar-refractivity contribution >= 4 is 43.6 Å². The van der Waals surface area contributed by atoms with E-state index in [0.717, 1.165) is 105 Å². The van der Waals surface area contributed by atoms with Gasteiger partial charge >= 0.3 is 0 Å². The highest BCUT2D eigenvalue weighted by Crippen LogP contribution is 2.41. The Labute approximate surface area is 425 Å². The van der Waals surface area contributed by atoms with E-state index in [-0.39, 0.29) is 0 Å². The number of para-hydroxylation sites is 4. The van der Waals surface area contributed by atoms with E-state index < -0.39 is 0 Å². The highest BCUT2D eigenvalue weighted by atomic mass is 15.0. The lowest BCUT2D eigenvalue weighted by molar-refractivity contribution is 1.07. The Hall–Kier alpha value is -10.7. The molecule has 0 unspecified atom stereocenters. The summed E-state index contributed by atoms with van der Waals surface area (Å²) in [4.78, 5) is 15.8. The first-order valence-corrected chi connectivity index (χ1v) is 24.2. The third-order valence-corrected chi connectivity index (χ3v) is 13.9. The first kappa shape index (κ1) is 43.3. The van der Waals surface area contributed by atoms with Gasteiger partial charge in [-0.05, 0) is 119 Å². The maximum Gasteiger partial charge on any atom is 0.164 e. The average Bonchev–Trinajstić information content (AvgIpc) is 4.01. The van der Waals surface area contributed by atoms with Crippen LogP contribution in [0.2, 0.25) is 0 Å². The van der Waals surface area contributed by atoms with E-state index in [2.05, 4.69) is 161 Å². The predicted molar refractivity (Wildman–Crippen MR) is 295 cm³/mol. The summed E-state index contributed by atoms with van der Waals surface area (Å²) in [6.07, 6.45) is 0. The van der Waals surface area contributed by atoms with Crippen LogP contribution in [0.25, 0.3) is 123 Å². The molecular weight excluding hydrogens is 905 g/mol. The third-order valence-electron chi connectivity index (χ3n) is 13.9. The molecule has 8 heteroatoms. The molecule has 13 rings (SSSR count). The molecule has 0 fully saturated rings. The highest BCUT2D eigenvalue weighted by Gasteiger charge is 2.22. The lowest BCUT2D eigenvalue weighted by atomic mass is 9.98. The predicted octanol–water partition coefficient (Wildman–Crippen LogP) is 15.7. The molecule has 0 aliphatic carbocycles. The summed E-state index contributed by atoms with van der Waals surface area (Å²) in [5, 5.41) is 34.5. The van der Waals surface area contributed by atoms with E-state index in [0.29, 0.717) is 34.2 Å². The van der Waals surface area contributed by atoms with Crippen LogP contribution in [0.15, 0.2) is 231 Å². The smallest absolute Gasteiger partial charge is 0.164 e. The molecule has 74 heavy (non-hydrogen) atoms. The van der Waals surface area contributed by atoms with Crippen molar-refractivity contribution in [2.75, 3.05) is 0 Å². The minimum absolute atomic E-state index is 0.460. The summed E-state index contributed by atoms with van der Waals surface area (Å²) in [5.74, 6) is 1.39. The Morgan fingerprint density at radius 2 is 0.595 bits per heavy atom. The van der Waals surface area contributed by atoms with E-state index in [4.69, 9.17) is 15.0 Å². The van der Waals surface area contributed by atoms with Crippen molar-refractivity contribution in [2.45, 2.75) is 0 Å². The molecule has 3 heterocycles. The number of hydrogen-bond donors (Lipinski definition) is 0. The first-order chi connectivity index (χ1) is 36.5. The highest BCUT2D eigenvalue weighted by molar-refractivity contribution is 6.11. The molecule has 0 saturated carbocycles. The number of nitriles is 3. The maximum atomic E-state index is 10.1. The second-order valence-electron chi connectivity index (χ2n) is 18.2. The van der Waals surface area contributed by atoms with Crippen LogP contribution in [0.5, 0.6) is 0 Å². The van der Waals surface area contributed by atoms with E-state index in [9.17, 15) is 15.8 Å². The summed E-state index contributed by atoms with van der Waals surface area (Å²) in [6.45, 7) is 0. The Balaban J connectivity index is 1.04. The Bertz CT molecular complexity index is 4190. The van der Waals surface area contributed by atoms with Crippen LogP contribution in [-0.2, 0) is 0 Å². The Kier molecular flexibility index (Phi) is 10.5. The van der Waals surface area contributed by atoms with Gasteiger partial charge in [-0.25, -0.2) is 15.0 Å². The molecule has 13 aromatic rings. The lowest BCUT2D eigenvalue weighted by Crippen LogP contribution is -2.03. The Morgan fingerprint density at radius 3 is 0.986 bits per heavy atom. The van der Waals surface area contributed by atoms with Crippen LogP contribution >= 0.6 is 0 Å². The molecule has 0 spiro atoms. The van der Waals surface area contributed by atoms with E-state index in [1.54, 1.807) is 6.07 Å². The number of benzene rings is 10. The molecule has 0 saturated heterocycles. The summed E-state index contributed by atoms with van der Waals surface area (Å²) in [6, 6.07) is 84.3. The maximum absolute atomic E-state index is 10.1. The first-order valence-electron chi connectivity index (χ1n) is 24.2. The van der Waals surface area contributed by atoms with Crippen LogP contribution < -0.4 is 0 Å². The molecule has 0 N–H and O–H groups in total. The van der Waals surface area contributed by atoms with E-state index in [1.807, 2.05) is 91.0 Å². The number of hydrogen-bond acceptors (Lipinski definition) is 6. The van der Waals surface area contributed by atoms with Gasteiger partial charge < -0.3 is 9.13 Å². The standard InChI is InChI=1S/C66H38N8/c67-39-42-12-9-15-47(34-42)45-26-28-46(29-27-45)64-70-65(50-30-32-62(56(37-50)48-16-10-13-43(35-48)40-68)73-58-22-5-1-18-52(58)53-19-2-6-23-59(53)73)72-66(71-64)51-31-33-63(57(38-51)49-17-11-14-44(36-49)41-69)74-60-24-7-3-20-54(60)55-21-4-8-25-61(55)74/h1-38H.